The second kappa shape index (κ2) is 9.27. The van der Waals surface area contributed by atoms with Crippen molar-refractivity contribution in [3.05, 3.63) is 53.1 Å². The van der Waals surface area contributed by atoms with Gasteiger partial charge in [-0.1, -0.05) is 23.4 Å². The lowest BCUT2D eigenvalue weighted by molar-refractivity contribution is -0.133. The van der Waals surface area contributed by atoms with E-state index >= 15 is 0 Å². The molecule has 174 valence electrons. The number of hydrogen-bond acceptors (Lipinski definition) is 7. The van der Waals surface area contributed by atoms with Crippen LogP contribution in [0.5, 0.6) is 5.75 Å². The predicted molar refractivity (Wildman–Crippen MR) is 126 cm³/mol. The molecule has 8 nitrogen and oxygen atoms in total. The number of carbonyl (C=O) groups excluding carboxylic acids is 1. The molecule has 1 fully saturated rings. The maximum atomic E-state index is 12.2. The van der Waals surface area contributed by atoms with Crippen molar-refractivity contribution in [1.82, 2.24) is 20.4 Å². The van der Waals surface area contributed by atoms with Gasteiger partial charge in [-0.3, -0.25) is 4.79 Å². The maximum absolute atomic E-state index is 12.2. The number of likely N-dealkylation sites (tertiary alicyclic amines) is 1. The molecule has 1 unspecified atom stereocenters. The van der Waals surface area contributed by atoms with Crippen molar-refractivity contribution >= 4 is 5.91 Å². The highest BCUT2D eigenvalue weighted by atomic mass is 16.5. The second-order valence-electron chi connectivity index (χ2n) is 8.99. The number of nitriles is 1. The van der Waals surface area contributed by atoms with Crippen LogP contribution in [0.3, 0.4) is 0 Å². The standard InChI is InChI=1S/C26H27N5O3/c1-16(2)33-23-10-7-17(13-18(23)14-27)26-29-25(30-34-26)21-6-3-5-20-19(21)8-9-22(20)28-15-24(32)31-11-4-12-31/h3,5-7,10,13,16,22,28H,4,8-9,11-12,15H2,1-2H3. The lowest BCUT2D eigenvalue weighted by Gasteiger charge is -2.31. The smallest absolute Gasteiger partial charge is 0.258 e. The largest absolute Gasteiger partial charge is 0.490 e. The molecule has 1 atom stereocenters. The summed E-state index contributed by atoms with van der Waals surface area (Å²) < 4.78 is 11.3. The van der Waals surface area contributed by atoms with E-state index in [1.807, 2.05) is 36.9 Å². The number of nitrogens with one attached hydrogen (secondary N) is 1. The summed E-state index contributed by atoms with van der Waals surface area (Å²) in [5.74, 6) is 1.58. The van der Waals surface area contributed by atoms with Crippen molar-refractivity contribution < 1.29 is 14.1 Å². The molecule has 3 aromatic rings. The average molecular weight is 458 g/mol. The quantitative estimate of drug-likeness (QED) is 0.574. The van der Waals surface area contributed by atoms with Gasteiger partial charge in [-0.05, 0) is 62.4 Å². The van der Waals surface area contributed by atoms with E-state index in [4.69, 9.17) is 9.26 Å². The van der Waals surface area contributed by atoms with E-state index in [-0.39, 0.29) is 18.1 Å². The van der Waals surface area contributed by atoms with Crippen LogP contribution in [0, 0.1) is 11.3 Å². The number of nitrogens with zero attached hydrogens (tertiary/aromatic N) is 4. The van der Waals surface area contributed by atoms with E-state index in [1.54, 1.807) is 12.1 Å². The molecule has 0 saturated carbocycles. The van der Waals surface area contributed by atoms with Gasteiger partial charge in [0.25, 0.3) is 5.89 Å². The summed E-state index contributed by atoms with van der Waals surface area (Å²) in [4.78, 5) is 18.8. The predicted octanol–water partition coefficient (Wildman–Crippen LogP) is 3.87. The van der Waals surface area contributed by atoms with Gasteiger partial charge >= 0.3 is 0 Å². The lowest BCUT2D eigenvalue weighted by atomic mass is 10.0. The molecule has 34 heavy (non-hydrogen) atoms. The SMILES string of the molecule is CC(C)Oc1ccc(-c2nc(-c3cccc4c3CCC4NCC(=O)N3CCC3)no2)cc1C#N. The van der Waals surface area contributed by atoms with Crippen LogP contribution < -0.4 is 10.1 Å². The fourth-order valence-electron chi connectivity index (χ4n) is 4.52. The first-order valence-electron chi connectivity index (χ1n) is 11.7. The zero-order chi connectivity index (χ0) is 23.7. The van der Waals surface area contributed by atoms with Crippen LogP contribution in [0.25, 0.3) is 22.8 Å². The highest BCUT2D eigenvalue weighted by Gasteiger charge is 2.28. The summed E-state index contributed by atoms with van der Waals surface area (Å²) in [7, 11) is 0. The third kappa shape index (κ3) is 4.27. The Labute approximate surface area is 198 Å². The van der Waals surface area contributed by atoms with Crippen molar-refractivity contribution in [1.29, 1.82) is 5.26 Å². The summed E-state index contributed by atoms with van der Waals surface area (Å²) in [6.45, 7) is 5.94. The maximum Gasteiger partial charge on any atom is 0.258 e. The number of amides is 1. The molecule has 0 radical (unpaired) electrons. The van der Waals surface area contributed by atoms with Gasteiger partial charge in [0, 0.05) is 30.3 Å². The minimum atomic E-state index is -0.0275. The fourth-order valence-corrected chi connectivity index (χ4v) is 4.52. The summed E-state index contributed by atoms with van der Waals surface area (Å²) >= 11 is 0. The first kappa shape index (κ1) is 22.1. The zero-order valence-electron chi connectivity index (χ0n) is 19.4. The molecule has 1 saturated heterocycles. The fraction of sp³-hybridized carbons (Fsp3) is 0.385. The minimum absolute atomic E-state index is 0.0275. The third-order valence-electron chi connectivity index (χ3n) is 6.36. The Morgan fingerprint density at radius 1 is 1.32 bits per heavy atom. The number of carbonyl (C=O) groups is 1. The van der Waals surface area contributed by atoms with Gasteiger partial charge < -0.3 is 19.5 Å². The molecule has 1 amide bonds. The minimum Gasteiger partial charge on any atom is -0.490 e. The highest BCUT2D eigenvalue weighted by Crippen LogP contribution is 2.37. The van der Waals surface area contributed by atoms with Crippen LogP contribution in [-0.4, -0.2) is 46.7 Å². The molecule has 2 aliphatic rings. The molecule has 2 aromatic carbocycles. The monoisotopic (exact) mass is 457 g/mol. The molecule has 1 aliphatic heterocycles. The van der Waals surface area contributed by atoms with Crippen molar-refractivity contribution in [2.24, 2.45) is 0 Å². The summed E-state index contributed by atoms with van der Waals surface area (Å²) in [5, 5.41) is 17.2. The summed E-state index contributed by atoms with van der Waals surface area (Å²) in [6.07, 6.45) is 2.87. The van der Waals surface area contributed by atoms with Crippen molar-refractivity contribution in [3.8, 4) is 34.7 Å². The highest BCUT2D eigenvalue weighted by molar-refractivity contribution is 5.79. The number of aromatic nitrogens is 2. The number of benzene rings is 2. The average Bonchev–Trinajstić information content (AvgIpc) is 3.44. The van der Waals surface area contributed by atoms with E-state index in [2.05, 4.69) is 27.6 Å². The molecule has 1 N–H and O–H groups in total. The number of fused-ring (bicyclic) bond motifs is 1. The second-order valence-corrected chi connectivity index (χ2v) is 8.99. The normalized spacial score (nSPS) is 16.8. The Bertz CT molecular complexity index is 1260. The Hall–Kier alpha value is -3.70. The van der Waals surface area contributed by atoms with E-state index in [1.165, 1.54) is 11.1 Å². The molecular weight excluding hydrogens is 430 g/mol. The van der Waals surface area contributed by atoms with Crippen LogP contribution in [0.4, 0.5) is 0 Å². The van der Waals surface area contributed by atoms with Crippen LogP contribution in [0.1, 0.15) is 49.4 Å². The topological polar surface area (TPSA) is 104 Å². The zero-order valence-corrected chi connectivity index (χ0v) is 19.4. The molecule has 8 heteroatoms. The van der Waals surface area contributed by atoms with Gasteiger partial charge in [-0.15, -0.1) is 0 Å². The van der Waals surface area contributed by atoms with E-state index < -0.39 is 0 Å². The van der Waals surface area contributed by atoms with Gasteiger partial charge in [-0.25, -0.2) is 0 Å². The van der Waals surface area contributed by atoms with Gasteiger partial charge in [0.05, 0.1) is 18.2 Å². The van der Waals surface area contributed by atoms with Crippen LogP contribution in [0.2, 0.25) is 0 Å². The van der Waals surface area contributed by atoms with Crippen molar-refractivity contribution in [2.45, 2.75) is 45.3 Å². The molecule has 0 spiro atoms. The molecule has 5 rings (SSSR count). The molecule has 0 bridgehead atoms. The number of ether oxygens (including phenoxy) is 1. The van der Waals surface area contributed by atoms with Crippen molar-refractivity contribution in [3.63, 3.8) is 0 Å². The van der Waals surface area contributed by atoms with Crippen molar-refractivity contribution in [2.75, 3.05) is 19.6 Å². The van der Waals surface area contributed by atoms with E-state index in [9.17, 15) is 10.1 Å². The lowest BCUT2D eigenvalue weighted by Crippen LogP contribution is -2.46. The summed E-state index contributed by atoms with van der Waals surface area (Å²) in [6, 6.07) is 13.7. The Morgan fingerprint density at radius 3 is 2.91 bits per heavy atom. The first-order chi connectivity index (χ1) is 16.5. The molecule has 2 heterocycles. The summed E-state index contributed by atoms with van der Waals surface area (Å²) in [5.41, 5.74) is 4.40. The van der Waals surface area contributed by atoms with Gasteiger partial charge in [0.15, 0.2) is 0 Å². The first-order valence-corrected chi connectivity index (χ1v) is 11.7. The molecular formula is C26H27N5O3. The van der Waals surface area contributed by atoms with Gasteiger partial charge in [0.2, 0.25) is 11.7 Å². The Kier molecular flexibility index (Phi) is 6.03. The van der Waals surface area contributed by atoms with Crippen LogP contribution in [-0.2, 0) is 11.2 Å². The Morgan fingerprint density at radius 2 is 2.18 bits per heavy atom. The number of rotatable bonds is 7. The van der Waals surface area contributed by atoms with Gasteiger partial charge in [0.1, 0.15) is 11.8 Å². The van der Waals surface area contributed by atoms with E-state index in [0.29, 0.717) is 35.1 Å². The van der Waals surface area contributed by atoms with Crippen LogP contribution in [0.15, 0.2) is 40.9 Å². The van der Waals surface area contributed by atoms with Gasteiger partial charge in [-0.2, -0.15) is 10.2 Å². The molecule has 1 aromatic heterocycles. The molecule has 1 aliphatic carbocycles. The number of hydrogen-bond donors (Lipinski definition) is 1. The Balaban J connectivity index is 1.36. The van der Waals surface area contributed by atoms with E-state index in [0.717, 1.165) is 37.9 Å². The van der Waals surface area contributed by atoms with Crippen LogP contribution >= 0.6 is 0 Å². The third-order valence-corrected chi connectivity index (χ3v) is 6.36.